The van der Waals surface area contributed by atoms with Crippen LogP contribution in [-0.4, -0.2) is 4.98 Å². The van der Waals surface area contributed by atoms with Crippen LogP contribution >= 0.6 is 22.6 Å². The first-order chi connectivity index (χ1) is 5.43. The minimum Gasteiger partial charge on any atom is -0.357 e. The largest absolute Gasteiger partial charge is 0.432 e. The van der Waals surface area contributed by atoms with E-state index in [2.05, 4.69) is 0 Å². The molecule has 0 aliphatic rings. The molecule has 1 rings (SSSR count). The van der Waals surface area contributed by atoms with Gasteiger partial charge in [-0.05, 0) is 22.6 Å². The van der Waals surface area contributed by atoms with Crippen molar-refractivity contribution in [2.24, 2.45) is 0 Å². The molecule has 0 radical (unpaired) electrons. The highest BCUT2D eigenvalue weighted by Gasteiger charge is 2.34. The summed E-state index contributed by atoms with van der Waals surface area (Å²) in [6, 6.07) is 1.05. The topological polar surface area (TPSA) is 32.9 Å². The highest BCUT2D eigenvalue weighted by Crippen LogP contribution is 2.29. The number of aromatic nitrogens is 1. The molecule has 0 unspecified atom stereocenters. The van der Waals surface area contributed by atoms with E-state index >= 15 is 0 Å². The summed E-state index contributed by atoms with van der Waals surface area (Å²) < 4.78 is 35.8. The monoisotopic (exact) mass is 289 g/mol. The van der Waals surface area contributed by atoms with Gasteiger partial charge in [0.05, 0.1) is 3.57 Å². The van der Waals surface area contributed by atoms with Crippen LogP contribution in [0.2, 0.25) is 0 Å². The highest BCUT2D eigenvalue weighted by molar-refractivity contribution is 14.1. The lowest BCUT2D eigenvalue weighted by molar-refractivity contribution is -0.142. The van der Waals surface area contributed by atoms with Gasteiger partial charge < -0.3 is 4.98 Å². The van der Waals surface area contributed by atoms with E-state index in [0.29, 0.717) is 0 Å². The van der Waals surface area contributed by atoms with E-state index < -0.39 is 17.3 Å². The summed E-state index contributed by atoms with van der Waals surface area (Å²) >= 11 is 1.37. The van der Waals surface area contributed by atoms with Crippen LogP contribution in [0, 0.1) is 3.57 Å². The maximum atomic E-state index is 12.1. The normalized spacial score (nSPS) is 11.7. The fourth-order valence-corrected chi connectivity index (χ4v) is 1.31. The van der Waals surface area contributed by atoms with Crippen molar-refractivity contribution in [2.75, 3.05) is 0 Å². The third kappa shape index (κ3) is 1.79. The van der Waals surface area contributed by atoms with Crippen LogP contribution in [0.3, 0.4) is 0 Å². The Bertz CT molecular complexity index is 343. The number of pyridine rings is 1. The number of rotatable bonds is 0. The molecular formula is C6H3F3INO. The molecule has 0 aliphatic heterocycles. The van der Waals surface area contributed by atoms with E-state index in [1.54, 1.807) is 0 Å². The first-order valence-electron chi connectivity index (χ1n) is 2.87. The summed E-state index contributed by atoms with van der Waals surface area (Å²) in [5, 5.41) is 0. The molecule has 0 amide bonds. The van der Waals surface area contributed by atoms with Gasteiger partial charge in [-0.25, -0.2) is 0 Å². The van der Waals surface area contributed by atoms with Gasteiger partial charge in [0, 0.05) is 12.3 Å². The van der Waals surface area contributed by atoms with Gasteiger partial charge in [0.1, 0.15) is 5.69 Å². The van der Waals surface area contributed by atoms with Crippen molar-refractivity contribution in [3.05, 3.63) is 31.8 Å². The Labute approximate surface area is 78.9 Å². The third-order valence-corrected chi connectivity index (χ3v) is 2.25. The van der Waals surface area contributed by atoms with Crippen LogP contribution in [0.5, 0.6) is 0 Å². The van der Waals surface area contributed by atoms with Crippen molar-refractivity contribution < 1.29 is 13.2 Å². The van der Waals surface area contributed by atoms with Gasteiger partial charge in [-0.3, -0.25) is 4.79 Å². The van der Waals surface area contributed by atoms with Crippen molar-refractivity contribution in [2.45, 2.75) is 6.18 Å². The summed E-state index contributed by atoms with van der Waals surface area (Å²) in [5.41, 5.74) is -1.61. The van der Waals surface area contributed by atoms with Crippen LogP contribution in [-0.2, 0) is 6.18 Å². The molecular weight excluding hydrogens is 286 g/mol. The van der Waals surface area contributed by atoms with Crippen LogP contribution in [0.4, 0.5) is 13.2 Å². The zero-order valence-corrected chi connectivity index (χ0v) is 7.73. The summed E-state index contributed by atoms with van der Waals surface area (Å²) in [6.07, 6.45) is -3.51. The second-order valence-corrected chi connectivity index (χ2v) is 3.11. The average Bonchev–Trinajstić information content (AvgIpc) is 1.92. The Hall–Kier alpha value is -0.530. The molecule has 0 fully saturated rings. The van der Waals surface area contributed by atoms with E-state index in [4.69, 9.17) is 0 Å². The molecule has 0 saturated heterocycles. The van der Waals surface area contributed by atoms with Gasteiger partial charge >= 0.3 is 6.18 Å². The summed E-state index contributed by atoms with van der Waals surface area (Å²) in [4.78, 5) is 12.7. The van der Waals surface area contributed by atoms with E-state index in [-0.39, 0.29) is 3.57 Å². The van der Waals surface area contributed by atoms with E-state index in [0.717, 1.165) is 12.3 Å². The molecule has 12 heavy (non-hydrogen) atoms. The van der Waals surface area contributed by atoms with Crippen LogP contribution in [0.15, 0.2) is 17.1 Å². The van der Waals surface area contributed by atoms with E-state index in [1.165, 1.54) is 22.6 Å². The molecule has 0 bridgehead atoms. The van der Waals surface area contributed by atoms with Crippen molar-refractivity contribution in [3.8, 4) is 0 Å². The Kier molecular flexibility index (Phi) is 2.45. The molecule has 1 aromatic rings. The fraction of sp³-hybridized carbons (Fsp3) is 0.167. The smallest absolute Gasteiger partial charge is 0.357 e. The lowest BCUT2D eigenvalue weighted by Gasteiger charge is -2.06. The Balaban J connectivity index is 3.36. The van der Waals surface area contributed by atoms with Gasteiger partial charge in [0.25, 0.3) is 0 Å². The maximum absolute atomic E-state index is 12.1. The minimum atomic E-state index is -4.49. The highest BCUT2D eigenvalue weighted by atomic mass is 127. The number of alkyl halides is 3. The second-order valence-electron chi connectivity index (χ2n) is 2.03. The minimum absolute atomic E-state index is 0.331. The van der Waals surface area contributed by atoms with E-state index in [9.17, 15) is 18.0 Å². The Morgan fingerprint density at radius 3 is 2.42 bits per heavy atom. The van der Waals surface area contributed by atoms with Gasteiger partial charge in [-0.1, -0.05) is 0 Å². The number of nitrogens with one attached hydrogen (secondary N) is 1. The number of hydrogen-bond donors (Lipinski definition) is 1. The predicted molar refractivity (Wildman–Crippen MR) is 44.8 cm³/mol. The quantitative estimate of drug-likeness (QED) is 0.728. The average molecular weight is 289 g/mol. The van der Waals surface area contributed by atoms with E-state index in [1.807, 2.05) is 4.98 Å². The van der Waals surface area contributed by atoms with Gasteiger partial charge in [-0.15, -0.1) is 0 Å². The van der Waals surface area contributed by atoms with Crippen molar-refractivity contribution in [1.82, 2.24) is 4.98 Å². The first kappa shape index (κ1) is 9.56. The standard InChI is InChI=1S/C6H3F3INO/c7-6(8,9)5-4(10)3(12)1-2-11-5/h1-2H,(H,11,12). The maximum Gasteiger partial charge on any atom is 0.432 e. The van der Waals surface area contributed by atoms with Gasteiger partial charge in [0.15, 0.2) is 5.43 Å². The van der Waals surface area contributed by atoms with Crippen molar-refractivity contribution in [1.29, 1.82) is 0 Å². The number of aromatic amines is 1. The molecule has 0 aliphatic carbocycles. The van der Waals surface area contributed by atoms with Crippen molar-refractivity contribution in [3.63, 3.8) is 0 Å². The molecule has 1 N–H and O–H groups in total. The number of H-pyrrole nitrogens is 1. The predicted octanol–water partition coefficient (Wildman–Crippen LogP) is 2.00. The van der Waals surface area contributed by atoms with Crippen LogP contribution < -0.4 is 5.43 Å². The third-order valence-electron chi connectivity index (χ3n) is 1.18. The Morgan fingerprint density at radius 1 is 1.42 bits per heavy atom. The zero-order chi connectivity index (χ0) is 9.35. The molecule has 0 saturated carbocycles. The lowest BCUT2D eigenvalue weighted by Crippen LogP contribution is -2.17. The number of halogens is 4. The summed E-state index contributed by atoms with van der Waals surface area (Å²) in [7, 11) is 0. The van der Waals surface area contributed by atoms with Crippen molar-refractivity contribution >= 4 is 22.6 Å². The molecule has 2 nitrogen and oxygen atoms in total. The summed E-state index contributed by atoms with van der Waals surface area (Å²) in [6.45, 7) is 0. The zero-order valence-electron chi connectivity index (χ0n) is 5.57. The van der Waals surface area contributed by atoms with Gasteiger partial charge in [0.2, 0.25) is 0 Å². The van der Waals surface area contributed by atoms with Gasteiger partial charge in [-0.2, -0.15) is 13.2 Å². The molecule has 0 atom stereocenters. The SMILES string of the molecule is O=c1cc[nH]c(C(F)(F)F)c1I. The lowest BCUT2D eigenvalue weighted by atomic mass is 10.3. The molecule has 6 heteroatoms. The molecule has 0 aromatic carbocycles. The summed E-state index contributed by atoms with van der Waals surface area (Å²) in [5.74, 6) is 0. The molecule has 0 spiro atoms. The number of hydrogen-bond acceptors (Lipinski definition) is 1. The molecule has 1 aromatic heterocycles. The van der Waals surface area contributed by atoms with Crippen LogP contribution in [0.25, 0.3) is 0 Å². The second kappa shape index (κ2) is 3.08. The first-order valence-corrected chi connectivity index (χ1v) is 3.95. The van der Waals surface area contributed by atoms with Crippen LogP contribution in [0.1, 0.15) is 5.69 Å². The Morgan fingerprint density at radius 2 is 2.00 bits per heavy atom. The molecule has 1 heterocycles. The molecule has 66 valence electrons. The fourth-order valence-electron chi connectivity index (χ4n) is 0.667.